The largest absolute Gasteiger partial charge is 0.394 e. The molecule has 1 aromatic heterocycles. The molecule has 1 aromatic rings. The number of thioether (sulfide) groups is 1. The summed E-state index contributed by atoms with van der Waals surface area (Å²) in [6, 6.07) is 0. The maximum Gasteiger partial charge on any atom is 0.139 e. The minimum atomic E-state index is -0.810. The fraction of sp³-hybridized carbons (Fsp3) is 0.500. The third kappa shape index (κ3) is 3.58. The normalized spacial score (nSPS) is 12.8. The van der Waals surface area contributed by atoms with E-state index in [-0.39, 0.29) is 24.1 Å². The van der Waals surface area contributed by atoms with Crippen LogP contribution in [0.3, 0.4) is 0 Å². The molecule has 0 spiro atoms. The van der Waals surface area contributed by atoms with Crippen LogP contribution in [0.25, 0.3) is 0 Å². The number of halogens is 1. The summed E-state index contributed by atoms with van der Waals surface area (Å²) in [6.45, 7) is -0.558. The van der Waals surface area contributed by atoms with Crippen molar-refractivity contribution in [3.63, 3.8) is 0 Å². The van der Waals surface area contributed by atoms with E-state index in [9.17, 15) is 0 Å². The van der Waals surface area contributed by atoms with Crippen LogP contribution in [-0.2, 0) is 6.61 Å². The quantitative estimate of drug-likeness (QED) is 0.506. The first-order chi connectivity index (χ1) is 7.19. The topological polar surface area (TPSA) is 86.5 Å². The molecule has 1 heterocycles. The zero-order chi connectivity index (χ0) is 11.3. The molecule has 1 unspecified atom stereocenters. The molecule has 0 saturated carbocycles. The van der Waals surface area contributed by atoms with Crippen molar-refractivity contribution in [3.8, 4) is 0 Å². The van der Waals surface area contributed by atoms with Crippen molar-refractivity contribution < 1.29 is 15.3 Å². The Balaban J connectivity index is 2.72. The smallest absolute Gasteiger partial charge is 0.139 e. The predicted molar refractivity (Wildman–Crippen MR) is 56.8 cm³/mol. The van der Waals surface area contributed by atoms with Crippen molar-refractivity contribution in [1.29, 1.82) is 0 Å². The Hall–Kier alpha value is -0.400. The van der Waals surface area contributed by atoms with Crippen LogP contribution in [0.4, 0.5) is 0 Å². The number of hydrogen-bond donors (Lipinski definition) is 3. The maximum atomic E-state index is 9.14. The van der Waals surface area contributed by atoms with Gasteiger partial charge in [-0.25, -0.2) is 9.97 Å². The highest BCUT2D eigenvalue weighted by Gasteiger charge is 2.11. The van der Waals surface area contributed by atoms with Crippen molar-refractivity contribution >= 4 is 23.4 Å². The lowest BCUT2D eigenvalue weighted by Crippen LogP contribution is -2.15. The summed E-state index contributed by atoms with van der Waals surface area (Å²) in [5.41, 5.74) is 0.439. The zero-order valence-corrected chi connectivity index (χ0v) is 9.37. The molecule has 7 heteroatoms. The lowest BCUT2D eigenvalue weighted by molar-refractivity contribution is 0.113. The number of rotatable bonds is 5. The molecule has 0 aliphatic carbocycles. The lowest BCUT2D eigenvalue weighted by Gasteiger charge is -2.09. The standard InChI is InChI=1S/C8H11ClN2O3S/c9-7-6(2-13)8(11-4-10-7)15-3-5(14)1-12/h4-5,12-14H,1-3H2. The van der Waals surface area contributed by atoms with Gasteiger partial charge in [-0.1, -0.05) is 11.6 Å². The first kappa shape index (κ1) is 12.7. The molecule has 5 nitrogen and oxygen atoms in total. The highest BCUT2D eigenvalue weighted by molar-refractivity contribution is 7.99. The molecule has 0 aromatic carbocycles. The molecular weight excluding hydrogens is 240 g/mol. The summed E-state index contributed by atoms with van der Waals surface area (Å²) in [4.78, 5) is 7.66. The van der Waals surface area contributed by atoms with E-state index in [1.54, 1.807) is 0 Å². The number of hydrogen-bond acceptors (Lipinski definition) is 6. The van der Waals surface area contributed by atoms with Crippen LogP contribution in [0.15, 0.2) is 11.4 Å². The summed E-state index contributed by atoms with van der Waals surface area (Å²) in [6.07, 6.45) is 0.477. The third-order valence-corrected chi connectivity index (χ3v) is 3.14. The summed E-state index contributed by atoms with van der Waals surface area (Å²) < 4.78 is 0. The average molecular weight is 251 g/mol. The SMILES string of the molecule is OCc1c(Cl)ncnc1SCC(O)CO. The molecular formula is C8H11ClN2O3S. The fourth-order valence-corrected chi connectivity index (χ4v) is 2.02. The van der Waals surface area contributed by atoms with Gasteiger partial charge >= 0.3 is 0 Å². The average Bonchev–Trinajstić information content (AvgIpc) is 2.25. The third-order valence-electron chi connectivity index (χ3n) is 1.63. The molecule has 0 aliphatic heterocycles. The van der Waals surface area contributed by atoms with E-state index >= 15 is 0 Å². The van der Waals surface area contributed by atoms with Crippen LogP contribution in [-0.4, -0.2) is 43.8 Å². The van der Waals surface area contributed by atoms with Crippen LogP contribution < -0.4 is 0 Å². The van der Waals surface area contributed by atoms with Gasteiger partial charge in [0, 0.05) is 11.3 Å². The van der Waals surface area contributed by atoms with Gasteiger partial charge in [0.05, 0.1) is 19.3 Å². The molecule has 1 rings (SSSR count). The molecule has 0 bridgehead atoms. The van der Waals surface area contributed by atoms with Gasteiger partial charge in [-0.3, -0.25) is 0 Å². The molecule has 0 fully saturated rings. The molecule has 0 radical (unpaired) electrons. The number of aliphatic hydroxyl groups excluding tert-OH is 3. The van der Waals surface area contributed by atoms with Crippen LogP contribution in [0, 0.1) is 0 Å². The second-order valence-electron chi connectivity index (χ2n) is 2.75. The minimum Gasteiger partial charge on any atom is -0.394 e. The molecule has 0 amide bonds. The Bertz CT molecular complexity index is 327. The van der Waals surface area contributed by atoms with Gasteiger partial charge in [-0.15, -0.1) is 11.8 Å². The van der Waals surface area contributed by atoms with Gasteiger partial charge in [0.2, 0.25) is 0 Å². The predicted octanol–water partition coefficient (Wildman–Crippen LogP) is 0.0676. The van der Waals surface area contributed by atoms with Gasteiger partial charge < -0.3 is 15.3 Å². The monoisotopic (exact) mass is 250 g/mol. The van der Waals surface area contributed by atoms with Crippen molar-refractivity contribution in [3.05, 3.63) is 17.0 Å². The van der Waals surface area contributed by atoms with E-state index < -0.39 is 6.10 Å². The second-order valence-corrected chi connectivity index (χ2v) is 4.12. The van der Waals surface area contributed by atoms with Gasteiger partial charge in [0.1, 0.15) is 16.5 Å². The molecule has 1 atom stereocenters. The van der Waals surface area contributed by atoms with Crippen LogP contribution in [0.2, 0.25) is 5.15 Å². The van der Waals surface area contributed by atoms with Crippen molar-refractivity contribution in [2.75, 3.05) is 12.4 Å². The highest BCUT2D eigenvalue weighted by atomic mass is 35.5. The summed E-state index contributed by atoms with van der Waals surface area (Å²) in [5.74, 6) is 0.289. The van der Waals surface area contributed by atoms with E-state index in [0.717, 1.165) is 0 Å². The van der Waals surface area contributed by atoms with Crippen molar-refractivity contribution in [2.45, 2.75) is 17.7 Å². The van der Waals surface area contributed by atoms with Gasteiger partial charge in [-0.2, -0.15) is 0 Å². The van der Waals surface area contributed by atoms with Crippen LogP contribution >= 0.6 is 23.4 Å². The Morgan fingerprint density at radius 2 is 2.13 bits per heavy atom. The first-order valence-electron chi connectivity index (χ1n) is 4.21. The lowest BCUT2D eigenvalue weighted by atomic mass is 10.4. The minimum absolute atomic E-state index is 0.202. The Morgan fingerprint density at radius 3 is 2.73 bits per heavy atom. The number of nitrogens with zero attached hydrogens (tertiary/aromatic N) is 2. The number of aromatic nitrogens is 2. The van der Waals surface area contributed by atoms with E-state index in [0.29, 0.717) is 10.6 Å². The molecule has 0 aliphatic rings. The zero-order valence-electron chi connectivity index (χ0n) is 7.80. The summed E-state index contributed by atoms with van der Waals surface area (Å²) >= 11 is 6.96. The van der Waals surface area contributed by atoms with E-state index in [2.05, 4.69) is 9.97 Å². The van der Waals surface area contributed by atoms with Crippen molar-refractivity contribution in [2.24, 2.45) is 0 Å². The van der Waals surface area contributed by atoms with Gasteiger partial charge in [-0.05, 0) is 0 Å². The van der Waals surface area contributed by atoms with E-state index in [1.807, 2.05) is 0 Å². The first-order valence-corrected chi connectivity index (χ1v) is 5.57. The number of aliphatic hydroxyl groups is 3. The van der Waals surface area contributed by atoms with Gasteiger partial charge in [0.15, 0.2) is 0 Å². The second kappa shape index (κ2) is 6.24. The Kier molecular flexibility index (Phi) is 5.27. The Labute approximate surface area is 96.1 Å². The maximum absolute atomic E-state index is 9.14. The molecule has 3 N–H and O–H groups in total. The summed E-state index contributed by atoms with van der Waals surface area (Å²) in [5, 5.41) is 27.5. The van der Waals surface area contributed by atoms with E-state index in [1.165, 1.54) is 18.1 Å². The highest BCUT2D eigenvalue weighted by Crippen LogP contribution is 2.24. The summed E-state index contributed by atoms with van der Waals surface area (Å²) in [7, 11) is 0. The van der Waals surface area contributed by atoms with Crippen molar-refractivity contribution in [1.82, 2.24) is 9.97 Å². The Morgan fingerprint density at radius 1 is 1.40 bits per heavy atom. The van der Waals surface area contributed by atoms with E-state index in [4.69, 9.17) is 26.9 Å². The molecule has 0 saturated heterocycles. The van der Waals surface area contributed by atoms with Crippen LogP contribution in [0.5, 0.6) is 0 Å². The van der Waals surface area contributed by atoms with Gasteiger partial charge in [0.25, 0.3) is 0 Å². The molecule has 84 valence electrons. The van der Waals surface area contributed by atoms with Crippen LogP contribution in [0.1, 0.15) is 5.56 Å². The fourth-order valence-electron chi connectivity index (χ4n) is 0.861. The molecule has 15 heavy (non-hydrogen) atoms.